The van der Waals surface area contributed by atoms with Crippen LogP contribution in [0.15, 0.2) is 18.6 Å². The summed E-state index contributed by atoms with van der Waals surface area (Å²) in [5.74, 6) is 1.05. The van der Waals surface area contributed by atoms with Crippen molar-refractivity contribution in [3.63, 3.8) is 0 Å². The molecule has 0 bridgehead atoms. The van der Waals surface area contributed by atoms with Crippen LogP contribution in [0.25, 0.3) is 0 Å². The maximum Gasteiger partial charge on any atom is 0.261 e. The van der Waals surface area contributed by atoms with Crippen molar-refractivity contribution in [2.24, 2.45) is 7.05 Å². The van der Waals surface area contributed by atoms with Gasteiger partial charge < -0.3 is 10.5 Å². The van der Waals surface area contributed by atoms with E-state index in [4.69, 9.17) is 10.5 Å². The van der Waals surface area contributed by atoms with Gasteiger partial charge in [0.15, 0.2) is 5.75 Å². The van der Waals surface area contributed by atoms with Gasteiger partial charge in [-0.25, -0.2) is 0 Å². The van der Waals surface area contributed by atoms with Crippen molar-refractivity contribution in [2.45, 2.75) is 13.5 Å². The van der Waals surface area contributed by atoms with Gasteiger partial charge in [0.05, 0.1) is 18.6 Å². The Labute approximate surface area is 87.3 Å². The van der Waals surface area contributed by atoms with Crippen LogP contribution in [0.5, 0.6) is 11.6 Å². The molecule has 0 aliphatic rings. The molecular weight excluding hydrogens is 194 g/mol. The van der Waals surface area contributed by atoms with Crippen molar-refractivity contribution in [3.05, 3.63) is 18.6 Å². The zero-order valence-corrected chi connectivity index (χ0v) is 8.71. The van der Waals surface area contributed by atoms with Crippen LogP contribution in [-0.2, 0) is 13.6 Å². The van der Waals surface area contributed by atoms with E-state index in [0.29, 0.717) is 17.3 Å². The van der Waals surface area contributed by atoms with Crippen LogP contribution in [0.2, 0.25) is 0 Å². The molecule has 80 valence electrons. The molecule has 0 saturated heterocycles. The van der Waals surface area contributed by atoms with Crippen molar-refractivity contribution < 1.29 is 4.74 Å². The summed E-state index contributed by atoms with van der Waals surface area (Å²) in [5, 5.41) is 8.16. The standard InChI is InChI=1S/C9H13N5O/c1-3-14-5-7(4-11-14)15-9-8(10)6-13(2)12-9/h4-6H,3,10H2,1-2H3. The highest BCUT2D eigenvalue weighted by Crippen LogP contribution is 2.24. The number of anilines is 1. The number of hydrogen-bond acceptors (Lipinski definition) is 4. The van der Waals surface area contributed by atoms with E-state index in [9.17, 15) is 0 Å². The topological polar surface area (TPSA) is 70.9 Å². The molecule has 15 heavy (non-hydrogen) atoms. The molecule has 0 radical (unpaired) electrons. The SMILES string of the molecule is CCn1cc(Oc2nn(C)cc2N)cn1. The molecule has 2 N–H and O–H groups in total. The van der Waals surface area contributed by atoms with E-state index < -0.39 is 0 Å². The second-order valence-corrected chi connectivity index (χ2v) is 3.20. The van der Waals surface area contributed by atoms with E-state index in [1.165, 1.54) is 0 Å². The first-order valence-corrected chi connectivity index (χ1v) is 4.68. The van der Waals surface area contributed by atoms with Crippen LogP contribution in [0, 0.1) is 0 Å². The Balaban J connectivity index is 2.17. The summed E-state index contributed by atoms with van der Waals surface area (Å²) in [6.07, 6.45) is 5.13. The molecule has 2 heterocycles. The molecule has 0 aliphatic heterocycles. The summed E-state index contributed by atoms with van der Waals surface area (Å²) in [6.45, 7) is 2.81. The lowest BCUT2D eigenvalue weighted by Gasteiger charge is -1.98. The molecular formula is C9H13N5O. The molecule has 0 aliphatic carbocycles. The Hall–Kier alpha value is -1.98. The number of ether oxygens (including phenoxy) is 1. The highest BCUT2D eigenvalue weighted by atomic mass is 16.5. The van der Waals surface area contributed by atoms with Crippen LogP contribution in [0.4, 0.5) is 5.69 Å². The number of aryl methyl sites for hydroxylation is 2. The molecule has 2 aromatic rings. The maximum atomic E-state index is 5.69. The molecule has 0 unspecified atom stereocenters. The zero-order valence-electron chi connectivity index (χ0n) is 8.71. The van der Waals surface area contributed by atoms with Crippen LogP contribution in [0.3, 0.4) is 0 Å². The van der Waals surface area contributed by atoms with Gasteiger partial charge in [0.1, 0.15) is 5.69 Å². The van der Waals surface area contributed by atoms with Crippen molar-refractivity contribution in [3.8, 4) is 11.6 Å². The first-order chi connectivity index (χ1) is 7.19. The van der Waals surface area contributed by atoms with Gasteiger partial charge in [-0.2, -0.15) is 5.10 Å². The Kier molecular flexibility index (Phi) is 2.32. The van der Waals surface area contributed by atoms with E-state index in [-0.39, 0.29) is 0 Å². The Bertz CT molecular complexity index is 459. The zero-order chi connectivity index (χ0) is 10.8. The number of aromatic nitrogens is 4. The van der Waals surface area contributed by atoms with Gasteiger partial charge >= 0.3 is 0 Å². The molecule has 2 aromatic heterocycles. The van der Waals surface area contributed by atoms with Crippen LogP contribution in [-0.4, -0.2) is 19.6 Å². The lowest BCUT2D eigenvalue weighted by molar-refractivity contribution is 0.455. The Morgan fingerprint density at radius 1 is 1.47 bits per heavy atom. The van der Waals surface area contributed by atoms with Crippen molar-refractivity contribution in [2.75, 3.05) is 5.73 Å². The molecule has 0 spiro atoms. The van der Waals surface area contributed by atoms with Gasteiger partial charge in [0.25, 0.3) is 5.88 Å². The number of nitrogens with two attached hydrogens (primary N) is 1. The average Bonchev–Trinajstić information content (AvgIpc) is 2.75. The van der Waals surface area contributed by atoms with Crippen molar-refractivity contribution in [1.82, 2.24) is 19.6 Å². The van der Waals surface area contributed by atoms with Gasteiger partial charge in [-0.1, -0.05) is 0 Å². The van der Waals surface area contributed by atoms with E-state index in [1.54, 1.807) is 35.0 Å². The fourth-order valence-corrected chi connectivity index (χ4v) is 1.25. The molecule has 0 atom stereocenters. The third-order valence-electron chi connectivity index (χ3n) is 1.97. The van der Waals surface area contributed by atoms with Crippen molar-refractivity contribution in [1.29, 1.82) is 0 Å². The fourth-order valence-electron chi connectivity index (χ4n) is 1.25. The minimum absolute atomic E-state index is 0.410. The normalized spacial score (nSPS) is 10.5. The molecule has 0 fully saturated rings. The number of rotatable bonds is 3. The third-order valence-corrected chi connectivity index (χ3v) is 1.97. The molecule has 6 nitrogen and oxygen atoms in total. The summed E-state index contributed by atoms with van der Waals surface area (Å²) in [6, 6.07) is 0. The second-order valence-electron chi connectivity index (χ2n) is 3.20. The van der Waals surface area contributed by atoms with Gasteiger partial charge in [-0.15, -0.1) is 5.10 Å². The first-order valence-electron chi connectivity index (χ1n) is 4.68. The molecule has 6 heteroatoms. The largest absolute Gasteiger partial charge is 0.433 e. The lowest BCUT2D eigenvalue weighted by Crippen LogP contribution is -1.92. The number of hydrogen-bond donors (Lipinski definition) is 1. The summed E-state index contributed by atoms with van der Waals surface area (Å²) in [5.41, 5.74) is 6.21. The Morgan fingerprint density at radius 2 is 2.27 bits per heavy atom. The van der Waals surface area contributed by atoms with Gasteiger partial charge in [0, 0.05) is 13.6 Å². The van der Waals surface area contributed by atoms with E-state index in [1.807, 2.05) is 6.92 Å². The van der Waals surface area contributed by atoms with E-state index in [2.05, 4.69) is 10.2 Å². The quantitative estimate of drug-likeness (QED) is 0.815. The van der Waals surface area contributed by atoms with Crippen LogP contribution in [0.1, 0.15) is 6.92 Å². The summed E-state index contributed by atoms with van der Waals surface area (Å²) < 4.78 is 8.85. The van der Waals surface area contributed by atoms with Gasteiger partial charge in [0.2, 0.25) is 0 Å². The maximum absolute atomic E-state index is 5.69. The predicted octanol–water partition coefficient (Wildman–Crippen LogP) is 1.01. The van der Waals surface area contributed by atoms with E-state index >= 15 is 0 Å². The first kappa shape index (κ1) is 9.57. The summed E-state index contributed by atoms with van der Waals surface area (Å²) >= 11 is 0. The molecule has 2 rings (SSSR count). The fraction of sp³-hybridized carbons (Fsp3) is 0.333. The minimum Gasteiger partial charge on any atom is -0.433 e. The monoisotopic (exact) mass is 207 g/mol. The van der Waals surface area contributed by atoms with Gasteiger partial charge in [-0.05, 0) is 6.92 Å². The molecule has 0 saturated carbocycles. The molecule has 0 aromatic carbocycles. The van der Waals surface area contributed by atoms with Crippen LogP contribution < -0.4 is 10.5 Å². The molecule has 0 amide bonds. The van der Waals surface area contributed by atoms with Gasteiger partial charge in [-0.3, -0.25) is 9.36 Å². The summed E-state index contributed by atoms with van der Waals surface area (Å²) in [4.78, 5) is 0. The number of nitrogen functional groups attached to an aromatic ring is 1. The third kappa shape index (κ3) is 1.93. The Morgan fingerprint density at radius 3 is 2.80 bits per heavy atom. The predicted molar refractivity (Wildman–Crippen MR) is 55.6 cm³/mol. The highest BCUT2D eigenvalue weighted by molar-refractivity contribution is 5.47. The van der Waals surface area contributed by atoms with Crippen LogP contribution >= 0.6 is 0 Å². The summed E-state index contributed by atoms with van der Waals surface area (Å²) in [7, 11) is 1.79. The lowest BCUT2D eigenvalue weighted by atomic mass is 10.5. The number of nitrogens with zero attached hydrogens (tertiary/aromatic N) is 4. The van der Waals surface area contributed by atoms with Crippen molar-refractivity contribution >= 4 is 5.69 Å². The minimum atomic E-state index is 0.410. The smallest absolute Gasteiger partial charge is 0.261 e. The van der Waals surface area contributed by atoms with E-state index in [0.717, 1.165) is 6.54 Å². The second kappa shape index (κ2) is 3.64. The average molecular weight is 207 g/mol. The highest BCUT2D eigenvalue weighted by Gasteiger charge is 2.07.